The van der Waals surface area contributed by atoms with Crippen molar-refractivity contribution in [2.75, 3.05) is 11.5 Å². The largest absolute Gasteiger partial charge is 0.341 e. The summed E-state index contributed by atoms with van der Waals surface area (Å²) in [4.78, 5) is 62.7. The van der Waals surface area contributed by atoms with Gasteiger partial charge in [0.25, 0.3) is 0 Å². The van der Waals surface area contributed by atoms with Gasteiger partial charge in [0.15, 0.2) is 0 Å². The predicted octanol–water partition coefficient (Wildman–Crippen LogP) is 13.5. The van der Waals surface area contributed by atoms with Gasteiger partial charge < -0.3 is 14.2 Å². The van der Waals surface area contributed by atoms with Crippen molar-refractivity contribution >= 4 is 115 Å². The van der Waals surface area contributed by atoms with Crippen molar-refractivity contribution < 1.29 is 28.9 Å². The van der Waals surface area contributed by atoms with Crippen molar-refractivity contribution in [1.29, 1.82) is 0 Å². The van der Waals surface area contributed by atoms with Crippen LogP contribution in [0.15, 0.2) is 175 Å². The normalized spacial score (nSPS) is 11.5. The molecule has 0 aliphatic carbocycles. The van der Waals surface area contributed by atoms with Gasteiger partial charge in [-0.15, -0.1) is 23.5 Å². The predicted molar refractivity (Wildman–Crippen MR) is 263 cm³/mol. The number of halogens is 2. The molecule has 14 heteroatoms. The molecule has 0 saturated carbocycles. The minimum absolute atomic E-state index is 0.208. The first-order valence-electron chi connectivity index (χ1n) is 20.2. The molecule has 7 rings (SSSR count). The molecule has 0 aliphatic heterocycles. The zero-order valence-electron chi connectivity index (χ0n) is 35.2. The van der Waals surface area contributed by atoms with Crippen molar-refractivity contribution in [3.8, 4) is 0 Å². The Morgan fingerprint density at radius 1 is 0.531 bits per heavy atom. The highest BCUT2D eigenvalue weighted by atomic mass is 35.5. The van der Waals surface area contributed by atoms with Crippen LogP contribution in [0, 0.1) is 0 Å². The van der Waals surface area contributed by atoms with Gasteiger partial charge in [-0.1, -0.05) is 81.7 Å². The number of nitrogens with zero attached hydrogens (tertiary/aromatic N) is 3. The van der Waals surface area contributed by atoms with E-state index in [1.165, 1.54) is 13.8 Å². The summed E-state index contributed by atoms with van der Waals surface area (Å²) in [6.45, 7) is 5.45. The van der Waals surface area contributed by atoms with Crippen LogP contribution in [-0.2, 0) is 25.8 Å². The Hall–Kier alpha value is -5.63. The van der Waals surface area contributed by atoms with E-state index in [1.807, 2.05) is 121 Å². The number of hydrogen-bond acceptors (Lipinski definition) is 11. The zero-order chi connectivity index (χ0) is 45.4. The summed E-state index contributed by atoms with van der Waals surface area (Å²) in [6.07, 6.45) is 0.716. The summed E-state index contributed by atoms with van der Waals surface area (Å²) in [5.74, 6) is -0.421. The van der Waals surface area contributed by atoms with Crippen LogP contribution in [0.4, 0.5) is 0 Å². The quantitative estimate of drug-likeness (QED) is 0.0289. The number of benzene rings is 6. The van der Waals surface area contributed by atoms with E-state index in [4.69, 9.17) is 32.9 Å². The lowest BCUT2D eigenvalue weighted by Gasteiger charge is -2.07. The lowest BCUT2D eigenvalue weighted by molar-refractivity contribution is -0.141. The summed E-state index contributed by atoms with van der Waals surface area (Å²) in [6, 6.07) is 46.2. The van der Waals surface area contributed by atoms with Crippen LogP contribution in [0.25, 0.3) is 21.8 Å². The Balaban J connectivity index is 0.000000213. The third kappa shape index (κ3) is 13.7. The number of fused-ring (bicyclic) bond motifs is 3. The van der Waals surface area contributed by atoms with Crippen LogP contribution >= 0.6 is 58.5 Å². The lowest BCUT2D eigenvalue weighted by atomic mass is 10.0. The van der Waals surface area contributed by atoms with Crippen molar-refractivity contribution in [3.05, 3.63) is 167 Å². The summed E-state index contributed by atoms with van der Waals surface area (Å²) >= 11 is 16.6. The highest BCUT2D eigenvalue weighted by Gasteiger charge is 2.19. The third-order valence-corrected chi connectivity index (χ3v) is 12.9. The first-order chi connectivity index (χ1) is 31.0. The highest BCUT2D eigenvalue weighted by Crippen LogP contribution is 2.31. The van der Waals surface area contributed by atoms with Gasteiger partial charge in [-0.2, -0.15) is 0 Å². The fraction of sp³-hybridized carbons (Fsp3) is 0.160. The number of hydrogen-bond donors (Lipinski definition) is 0. The Morgan fingerprint density at radius 3 is 1.52 bits per heavy atom. The lowest BCUT2D eigenvalue weighted by Crippen LogP contribution is -2.16. The molecule has 0 aliphatic rings. The maximum absolute atomic E-state index is 13.3. The topological polar surface area (TPSA) is 116 Å². The van der Waals surface area contributed by atoms with Crippen LogP contribution in [0.5, 0.6) is 0 Å². The van der Waals surface area contributed by atoms with Gasteiger partial charge in [-0.25, -0.2) is 9.59 Å². The molecule has 64 heavy (non-hydrogen) atoms. The number of Topliss-reactive ketones (excluding diaryl/α,β-unsaturated/α-hetero) is 2. The molecule has 1 aromatic heterocycles. The van der Waals surface area contributed by atoms with E-state index < -0.39 is 11.9 Å². The number of ketones is 2. The number of thioether (sulfide) groups is 2. The molecule has 1 heterocycles. The number of rotatable bonds is 17. The fourth-order valence-corrected chi connectivity index (χ4v) is 9.21. The molecule has 9 nitrogen and oxygen atoms in total. The van der Waals surface area contributed by atoms with Gasteiger partial charge in [0.2, 0.25) is 11.6 Å². The second kappa shape index (κ2) is 23.9. The summed E-state index contributed by atoms with van der Waals surface area (Å²) < 4.78 is 2.23. The number of aryl methyl sites for hydroxylation is 1. The van der Waals surface area contributed by atoms with Gasteiger partial charge in [-0.05, 0) is 116 Å². The molecule has 0 saturated heterocycles. The van der Waals surface area contributed by atoms with Gasteiger partial charge in [0.1, 0.15) is 11.4 Å². The molecular formula is C50H43Cl2N3O6S3. The third-order valence-electron chi connectivity index (χ3n) is 9.38. The molecule has 7 aromatic rings. The molecule has 0 spiro atoms. The molecule has 0 amide bonds. The van der Waals surface area contributed by atoms with E-state index in [-0.39, 0.29) is 23.0 Å². The highest BCUT2D eigenvalue weighted by molar-refractivity contribution is 7.99. The number of carbonyl (C=O) groups excluding carboxylic acids is 4. The SMILES string of the molecule is CC(=O)ON=C(CCSc1ccc(Cl)cc1)C(=O)c1ccc(Sc2ccccc2)cc1.CCn1c2ccccc2c2cc(C(=O)C(CCSc3ccc(Cl)cc3)=NOC(C)=O)ccc21. The van der Waals surface area contributed by atoms with E-state index in [1.54, 1.807) is 47.4 Å². The van der Waals surface area contributed by atoms with Gasteiger partial charge in [-0.3, -0.25) is 9.59 Å². The number of aromatic nitrogens is 1. The molecular weight excluding hydrogens is 906 g/mol. The monoisotopic (exact) mass is 947 g/mol. The molecule has 0 bridgehead atoms. The van der Waals surface area contributed by atoms with Crippen molar-refractivity contribution in [2.24, 2.45) is 10.3 Å². The molecule has 0 N–H and O–H groups in total. The Bertz CT molecular complexity index is 2800. The van der Waals surface area contributed by atoms with Crippen LogP contribution in [-0.4, -0.2) is 51.0 Å². The van der Waals surface area contributed by atoms with Crippen LogP contribution in [0.1, 0.15) is 54.3 Å². The second-order valence-corrected chi connectivity index (χ2v) is 18.3. The van der Waals surface area contributed by atoms with Gasteiger partial charge in [0, 0.05) is 107 Å². The molecule has 0 fully saturated rings. The van der Waals surface area contributed by atoms with E-state index in [2.05, 4.69) is 33.9 Å². The van der Waals surface area contributed by atoms with Crippen LogP contribution in [0.3, 0.4) is 0 Å². The molecule has 0 unspecified atom stereocenters. The zero-order valence-corrected chi connectivity index (χ0v) is 39.1. The Morgan fingerprint density at radius 2 is 0.984 bits per heavy atom. The maximum Gasteiger partial charge on any atom is 0.331 e. The minimum Gasteiger partial charge on any atom is -0.341 e. The average Bonchev–Trinajstić information content (AvgIpc) is 3.63. The van der Waals surface area contributed by atoms with Crippen molar-refractivity contribution in [1.82, 2.24) is 4.57 Å². The maximum atomic E-state index is 13.3. The second-order valence-electron chi connectivity index (χ2n) is 13.9. The van der Waals surface area contributed by atoms with Crippen LogP contribution in [0.2, 0.25) is 10.0 Å². The van der Waals surface area contributed by atoms with E-state index in [0.717, 1.165) is 47.9 Å². The Labute approximate surface area is 394 Å². The van der Waals surface area contributed by atoms with Crippen LogP contribution < -0.4 is 0 Å². The smallest absolute Gasteiger partial charge is 0.331 e. The molecule has 0 radical (unpaired) electrons. The van der Waals surface area contributed by atoms with E-state index in [9.17, 15) is 19.2 Å². The minimum atomic E-state index is -0.565. The first kappa shape index (κ1) is 47.8. The van der Waals surface area contributed by atoms with Crippen molar-refractivity contribution in [2.45, 2.75) is 59.7 Å². The van der Waals surface area contributed by atoms with Gasteiger partial charge in [0.05, 0.1) is 0 Å². The standard InChI is InChI=1S/C26H23ClN2O3S.C24H20ClNO3S2/c1-3-29-24-7-5-4-6-21(24)22-16-18(8-13-25(22)29)26(31)23(28-32-17(2)30)14-15-33-20-11-9-19(27)10-12-20;1-17(27)29-26-23(15-16-30-20-13-9-19(25)10-14-20)24(28)18-7-11-22(12-8-18)31-21-5-3-2-4-6-21/h4-13,16H,3,14-15H2,1-2H3;2-14H,15-16H2,1H3. The first-order valence-corrected chi connectivity index (χ1v) is 23.7. The summed E-state index contributed by atoms with van der Waals surface area (Å²) in [5.41, 5.74) is 3.65. The van der Waals surface area contributed by atoms with E-state index >= 15 is 0 Å². The van der Waals surface area contributed by atoms with E-state index in [0.29, 0.717) is 45.5 Å². The van der Waals surface area contributed by atoms with Crippen molar-refractivity contribution in [3.63, 3.8) is 0 Å². The molecule has 326 valence electrons. The summed E-state index contributed by atoms with van der Waals surface area (Å²) in [7, 11) is 0. The van der Waals surface area contributed by atoms with Gasteiger partial charge >= 0.3 is 11.9 Å². The Kier molecular flexibility index (Phi) is 17.9. The fourth-order valence-electron chi connectivity index (χ4n) is 6.40. The summed E-state index contributed by atoms with van der Waals surface area (Å²) in [5, 5.41) is 11.2. The number of oxime groups is 2. The molecule has 6 aromatic carbocycles. The molecule has 0 atom stereocenters. The average molecular weight is 949 g/mol. The number of para-hydroxylation sites is 1. The number of carbonyl (C=O) groups is 4.